The number of anilines is 2. The van der Waals surface area contributed by atoms with Crippen molar-refractivity contribution < 1.29 is 23.9 Å². The van der Waals surface area contributed by atoms with Gasteiger partial charge in [0.15, 0.2) is 6.61 Å². The number of hydrogen-bond donors (Lipinski definition) is 1. The lowest BCUT2D eigenvalue weighted by Gasteiger charge is -2.17. The molecule has 4 rings (SSSR count). The second-order valence-corrected chi connectivity index (χ2v) is 9.56. The fourth-order valence-corrected chi connectivity index (χ4v) is 4.56. The lowest BCUT2D eigenvalue weighted by atomic mass is 10.0. The highest BCUT2D eigenvalue weighted by Gasteiger charge is 2.36. The van der Waals surface area contributed by atoms with E-state index in [4.69, 9.17) is 9.47 Å². The molecule has 198 valence electrons. The third-order valence-electron chi connectivity index (χ3n) is 6.93. The average Bonchev–Trinajstić information content (AvgIpc) is 3.31. The third-order valence-corrected chi connectivity index (χ3v) is 6.93. The summed E-state index contributed by atoms with van der Waals surface area (Å²) in [5.41, 5.74) is 5.87. The number of benzene rings is 3. The molecule has 0 saturated carbocycles. The van der Waals surface area contributed by atoms with E-state index in [1.165, 1.54) is 5.56 Å². The van der Waals surface area contributed by atoms with Gasteiger partial charge in [0.25, 0.3) is 5.91 Å². The summed E-state index contributed by atoms with van der Waals surface area (Å²) in [7, 11) is 0. The number of nitrogens with zero attached hydrogens (tertiary/aromatic N) is 1. The molecule has 0 spiro atoms. The predicted octanol–water partition coefficient (Wildman–Crippen LogP) is 5.76. The summed E-state index contributed by atoms with van der Waals surface area (Å²) in [5, 5.41) is 2.89. The maximum Gasteiger partial charge on any atom is 0.311 e. The zero-order valence-corrected chi connectivity index (χ0v) is 22.4. The Morgan fingerprint density at radius 3 is 2.21 bits per heavy atom. The van der Waals surface area contributed by atoms with Crippen LogP contribution in [0.2, 0.25) is 0 Å². The molecule has 7 nitrogen and oxygen atoms in total. The number of ether oxygens (including phenoxy) is 2. The number of para-hydroxylation sites is 1. The van der Waals surface area contributed by atoms with Gasteiger partial charge in [0, 0.05) is 24.3 Å². The van der Waals surface area contributed by atoms with Gasteiger partial charge in [-0.3, -0.25) is 14.4 Å². The Morgan fingerprint density at radius 2 is 1.58 bits per heavy atom. The first kappa shape index (κ1) is 26.9. The molecule has 1 saturated heterocycles. The van der Waals surface area contributed by atoms with E-state index in [0.717, 1.165) is 41.0 Å². The molecule has 0 bridgehead atoms. The SMILES string of the molecule is CCc1cccc(CC)c1NC(=O)COC(=O)[C@@H]1CC(=O)N(c2ccc(Oc3ccc(C)c(C)c3)cc2)C1. The van der Waals surface area contributed by atoms with Gasteiger partial charge in [0.2, 0.25) is 5.91 Å². The predicted molar refractivity (Wildman–Crippen MR) is 148 cm³/mol. The summed E-state index contributed by atoms with van der Waals surface area (Å²) in [6.45, 7) is 7.95. The van der Waals surface area contributed by atoms with E-state index >= 15 is 0 Å². The Morgan fingerprint density at radius 1 is 0.921 bits per heavy atom. The normalized spacial score (nSPS) is 14.9. The summed E-state index contributed by atoms with van der Waals surface area (Å²) in [4.78, 5) is 39.4. The molecule has 1 aliphatic rings. The molecule has 0 aromatic heterocycles. The van der Waals surface area contributed by atoms with Crippen LogP contribution in [0.5, 0.6) is 11.5 Å². The molecule has 1 atom stereocenters. The van der Waals surface area contributed by atoms with Crippen molar-refractivity contribution in [3.8, 4) is 11.5 Å². The molecule has 2 amide bonds. The zero-order valence-electron chi connectivity index (χ0n) is 22.4. The summed E-state index contributed by atoms with van der Waals surface area (Å²) in [6, 6.07) is 19.0. The van der Waals surface area contributed by atoms with E-state index in [1.807, 2.05) is 64.1 Å². The van der Waals surface area contributed by atoms with E-state index < -0.39 is 24.4 Å². The third kappa shape index (κ3) is 6.22. The van der Waals surface area contributed by atoms with Crippen molar-refractivity contribution in [2.24, 2.45) is 5.92 Å². The highest BCUT2D eigenvalue weighted by Crippen LogP contribution is 2.30. The van der Waals surface area contributed by atoms with Gasteiger partial charge < -0.3 is 19.7 Å². The van der Waals surface area contributed by atoms with E-state index in [0.29, 0.717) is 11.4 Å². The van der Waals surface area contributed by atoms with E-state index in [1.54, 1.807) is 29.2 Å². The maximum absolute atomic E-state index is 12.7. The maximum atomic E-state index is 12.7. The number of rotatable bonds is 9. The molecule has 0 unspecified atom stereocenters. The first-order valence-corrected chi connectivity index (χ1v) is 13.0. The van der Waals surface area contributed by atoms with Crippen LogP contribution in [0.25, 0.3) is 0 Å². The lowest BCUT2D eigenvalue weighted by molar-refractivity contribution is -0.151. The van der Waals surface area contributed by atoms with Gasteiger partial charge in [-0.25, -0.2) is 0 Å². The van der Waals surface area contributed by atoms with Crippen molar-refractivity contribution >= 4 is 29.2 Å². The van der Waals surface area contributed by atoms with Crippen molar-refractivity contribution in [2.75, 3.05) is 23.4 Å². The van der Waals surface area contributed by atoms with Crippen molar-refractivity contribution in [3.05, 3.63) is 82.9 Å². The van der Waals surface area contributed by atoms with Crippen LogP contribution in [0.3, 0.4) is 0 Å². The van der Waals surface area contributed by atoms with Crippen LogP contribution in [-0.4, -0.2) is 30.9 Å². The Bertz CT molecular complexity index is 1310. The van der Waals surface area contributed by atoms with Crippen LogP contribution in [0, 0.1) is 19.8 Å². The monoisotopic (exact) mass is 514 g/mol. The summed E-state index contributed by atoms with van der Waals surface area (Å²) >= 11 is 0. The number of amides is 2. The molecule has 1 heterocycles. The van der Waals surface area contributed by atoms with Crippen molar-refractivity contribution in [3.63, 3.8) is 0 Å². The van der Waals surface area contributed by atoms with E-state index in [2.05, 4.69) is 5.32 Å². The minimum Gasteiger partial charge on any atom is -0.457 e. The summed E-state index contributed by atoms with van der Waals surface area (Å²) < 4.78 is 11.2. The van der Waals surface area contributed by atoms with Crippen molar-refractivity contribution in [1.29, 1.82) is 0 Å². The standard InChI is InChI=1S/C31H34N2O5/c1-5-22-8-7-9-23(6-2)30(22)32-28(34)19-37-31(36)24-17-29(35)33(18-24)25-11-14-26(15-12-25)38-27-13-10-20(3)21(4)16-27/h7-16,24H,5-6,17-19H2,1-4H3,(H,32,34)/t24-/m1/s1. The molecular formula is C31H34N2O5. The van der Waals surface area contributed by atoms with Crippen LogP contribution >= 0.6 is 0 Å². The van der Waals surface area contributed by atoms with Gasteiger partial charge in [-0.1, -0.05) is 38.1 Å². The van der Waals surface area contributed by atoms with Crippen LogP contribution in [0.4, 0.5) is 11.4 Å². The van der Waals surface area contributed by atoms with Crippen LogP contribution in [0.15, 0.2) is 60.7 Å². The van der Waals surface area contributed by atoms with Crippen LogP contribution < -0.4 is 15.0 Å². The van der Waals surface area contributed by atoms with Gasteiger partial charge in [-0.2, -0.15) is 0 Å². The topological polar surface area (TPSA) is 84.9 Å². The fraction of sp³-hybridized carbons (Fsp3) is 0.323. The highest BCUT2D eigenvalue weighted by molar-refractivity contribution is 6.00. The van der Waals surface area contributed by atoms with Gasteiger partial charge in [-0.05, 0) is 85.3 Å². The van der Waals surface area contributed by atoms with Crippen LogP contribution in [-0.2, 0) is 32.0 Å². The fourth-order valence-electron chi connectivity index (χ4n) is 4.56. The largest absolute Gasteiger partial charge is 0.457 e. The number of nitrogens with one attached hydrogen (secondary N) is 1. The smallest absolute Gasteiger partial charge is 0.311 e. The molecule has 3 aromatic carbocycles. The number of carbonyl (C=O) groups is 3. The highest BCUT2D eigenvalue weighted by atomic mass is 16.5. The molecule has 7 heteroatoms. The zero-order chi connectivity index (χ0) is 27.2. The molecule has 0 aliphatic carbocycles. The second-order valence-electron chi connectivity index (χ2n) is 9.56. The number of hydrogen-bond acceptors (Lipinski definition) is 5. The van der Waals surface area contributed by atoms with E-state index in [9.17, 15) is 14.4 Å². The molecule has 0 radical (unpaired) electrons. The molecule has 1 fully saturated rings. The lowest BCUT2D eigenvalue weighted by Crippen LogP contribution is -2.28. The van der Waals surface area contributed by atoms with E-state index in [-0.39, 0.29) is 18.9 Å². The molecule has 1 aliphatic heterocycles. The Kier molecular flexibility index (Phi) is 8.46. The Balaban J connectivity index is 1.32. The number of aryl methyl sites for hydroxylation is 4. The minimum atomic E-state index is -0.629. The summed E-state index contributed by atoms with van der Waals surface area (Å²) in [6.07, 6.45) is 1.60. The summed E-state index contributed by atoms with van der Waals surface area (Å²) in [5.74, 6) is -0.338. The molecule has 38 heavy (non-hydrogen) atoms. The molecule has 3 aromatic rings. The quantitative estimate of drug-likeness (QED) is 0.367. The first-order valence-electron chi connectivity index (χ1n) is 13.0. The van der Waals surface area contributed by atoms with Crippen LogP contribution in [0.1, 0.15) is 42.5 Å². The first-order chi connectivity index (χ1) is 18.3. The van der Waals surface area contributed by atoms with Gasteiger partial charge >= 0.3 is 5.97 Å². The Hall–Kier alpha value is -4.13. The minimum absolute atomic E-state index is 0.0417. The number of esters is 1. The Labute approximate surface area is 223 Å². The van der Waals surface area contributed by atoms with Gasteiger partial charge in [0.1, 0.15) is 11.5 Å². The van der Waals surface area contributed by atoms with Crippen molar-refractivity contribution in [1.82, 2.24) is 0 Å². The second kappa shape index (κ2) is 11.9. The average molecular weight is 515 g/mol. The molecular weight excluding hydrogens is 480 g/mol. The number of carbonyl (C=O) groups excluding carboxylic acids is 3. The van der Waals surface area contributed by atoms with Gasteiger partial charge in [0.05, 0.1) is 5.92 Å². The van der Waals surface area contributed by atoms with Crippen molar-refractivity contribution in [2.45, 2.75) is 47.0 Å². The molecule has 1 N–H and O–H groups in total. The van der Waals surface area contributed by atoms with Gasteiger partial charge in [-0.15, -0.1) is 0 Å².